The van der Waals surface area contributed by atoms with Crippen LogP contribution in [-0.4, -0.2) is 73.5 Å². The Kier molecular flexibility index (Phi) is 6.45. The molecule has 2 heterocycles. The lowest BCUT2D eigenvalue weighted by Crippen LogP contribution is -2.59. The standard InChI is InChI=1S/C15H28N4O2/c1-2-17-15(21)13-11-16-7-10-19(13)12-14(20)18-8-5-3-4-6-9-18/h13,16H,2-12H2,1H3,(H,17,21). The summed E-state index contributed by atoms with van der Waals surface area (Å²) < 4.78 is 0. The van der Waals surface area contributed by atoms with Crippen molar-refractivity contribution in [2.75, 3.05) is 45.8 Å². The molecule has 2 amide bonds. The van der Waals surface area contributed by atoms with E-state index in [1.165, 1.54) is 12.8 Å². The average molecular weight is 296 g/mol. The van der Waals surface area contributed by atoms with Gasteiger partial charge in [0.1, 0.15) is 6.04 Å². The fraction of sp³-hybridized carbons (Fsp3) is 0.867. The smallest absolute Gasteiger partial charge is 0.238 e. The summed E-state index contributed by atoms with van der Waals surface area (Å²) in [5, 5.41) is 6.10. The number of nitrogens with one attached hydrogen (secondary N) is 2. The quantitative estimate of drug-likeness (QED) is 0.754. The zero-order valence-electron chi connectivity index (χ0n) is 13.1. The first kappa shape index (κ1) is 16.2. The molecule has 120 valence electrons. The number of likely N-dealkylation sites (tertiary alicyclic amines) is 1. The molecule has 2 fully saturated rings. The van der Waals surface area contributed by atoms with Gasteiger partial charge in [-0.05, 0) is 19.8 Å². The number of carbonyl (C=O) groups is 2. The van der Waals surface area contributed by atoms with Crippen LogP contribution in [0, 0.1) is 0 Å². The zero-order chi connectivity index (χ0) is 15.1. The van der Waals surface area contributed by atoms with Crippen molar-refractivity contribution in [3.05, 3.63) is 0 Å². The maximum absolute atomic E-state index is 12.5. The third-order valence-corrected chi connectivity index (χ3v) is 4.31. The molecule has 2 N–H and O–H groups in total. The van der Waals surface area contributed by atoms with Crippen LogP contribution in [0.2, 0.25) is 0 Å². The summed E-state index contributed by atoms with van der Waals surface area (Å²) in [4.78, 5) is 28.6. The number of amides is 2. The molecule has 2 aliphatic rings. The van der Waals surface area contributed by atoms with Crippen molar-refractivity contribution >= 4 is 11.8 Å². The highest BCUT2D eigenvalue weighted by atomic mass is 16.2. The Morgan fingerprint density at radius 3 is 2.52 bits per heavy atom. The molecular weight excluding hydrogens is 268 g/mol. The van der Waals surface area contributed by atoms with Gasteiger partial charge in [0.15, 0.2) is 0 Å². The van der Waals surface area contributed by atoms with E-state index >= 15 is 0 Å². The zero-order valence-corrected chi connectivity index (χ0v) is 13.1. The Balaban J connectivity index is 1.91. The predicted octanol–water partition coefficient (Wildman–Crippen LogP) is -0.201. The van der Waals surface area contributed by atoms with Crippen LogP contribution >= 0.6 is 0 Å². The molecule has 2 saturated heterocycles. The SMILES string of the molecule is CCNC(=O)C1CNCCN1CC(=O)N1CCCCCC1. The summed E-state index contributed by atoms with van der Waals surface area (Å²) in [6.07, 6.45) is 4.65. The minimum atomic E-state index is -0.227. The molecule has 2 rings (SSSR count). The monoisotopic (exact) mass is 296 g/mol. The Hall–Kier alpha value is -1.14. The highest BCUT2D eigenvalue weighted by Gasteiger charge is 2.30. The minimum Gasteiger partial charge on any atom is -0.355 e. The van der Waals surface area contributed by atoms with Crippen LogP contribution < -0.4 is 10.6 Å². The summed E-state index contributed by atoms with van der Waals surface area (Å²) >= 11 is 0. The number of hydrogen-bond donors (Lipinski definition) is 2. The first-order valence-electron chi connectivity index (χ1n) is 8.22. The second-order valence-corrected chi connectivity index (χ2v) is 5.88. The van der Waals surface area contributed by atoms with Gasteiger partial charge < -0.3 is 15.5 Å². The fourth-order valence-corrected chi connectivity index (χ4v) is 3.08. The summed E-state index contributed by atoms with van der Waals surface area (Å²) in [6.45, 7) is 6.87. The van der Waals surface area contributed by atoms with Crippen molar-refractivity contribution in [3.8, 4) is 0 Å². The van der Waals surface area contributed by atoms with Crippen molar-refractivity contribution in [3.63, 3.8) is 0 Å². The number of carbonyl (C=O) groups excluding carboxylic acids is 2. The third-order valence-electron chi connectivity index (χ3n) is 4.31. The minimum absolute atomic E-state index is 0.0216. The van der Waals surface area contributed by atoms with Gasteiger partial charge in [-0.2, -0.15) is 0 Å². The van der Waals surface area contributed by atoms with Gasteiger partial charge in [-0.3, -0.25) is 14.5 Å². The molecular formula is C15H28N4O2. The molecule has 0 spiro atoms. The van der Waals surface area contributed by atoms with E-state index in [9.17, 15) is 9.59 Å². The van der Waals surface area contributed by atoms with Crippen molar-refractivity contribution < 1.29 is 9.59 Å². The summed E-state index contributed by atoms with van der Waals surface area (Å²) in [5.74, 6) is 0.196. The second-order valence-electron chi connectivity index (χ2n) is 5.88. The molecule has 1 unspecified atom stereocenters. The van der Waals surface area contributed by atoms with E-state index < -0.39 is 0 Å². The highest BCUT2D eigenvalue weighted by Crippen LogP contribution is 2.11. The lowest BCUT2D eigenvalue weighted by atomic mass is 10.1. The summed E-state index contributed by atoms with van der Waals surface area (Å²) in [6, 6.07) is -0.227. The number of rotatable bonds is 4. The maximum Gasteiger partial charge on any atom is 0.238 e. The van der Waals surface area contributed by atoms with Gasteiger partial charge in [-0.15, -0.1) is 0 Å². The lowest BCUT2D eigenvalue weighted by Gasteiger charge is -2.35. The molecule has 6 nitrogen and oxygen atoms in total. The van der Waals surface area contributed by atoms with Crippen LogP contribution in [0.5, 0.6) is 0 Å². The van der Waals surface area contributed by atoms with E-state index in [1.807, 2.05) is 16.7 Å². The van der Waals surface area contributed by atoms with Gasteiger partial charge in [0.2, 0.25) is 11.8 Å². The number of hydrogen-bond acceptors (Lipinski definition) is 4. The van der Waals surface area contributed by atoms with E-state index in [0.717, 1.165) is 39.0 Å². The van der Waals surface area contributed by atoms with Crippen LogP contribution in [0.4, 0.5) is 0 Å². The van der Waals surface area contributed by atoms with Crippen LogP contribution in [0.3, 0.4) is 0 Å². The van der Waals surface area contributed by atoms with Crippen molar-refractivity contribution in [2.24, 2.45) is 0 Å². The van der Waals surface area contributed by atoms with Crippen LogP contribution in [-0.2, 0) is 9.59 Å². The van der Waals surface area contributed by atoms with Gasteiger partial charge in [0.25, 0.3) is 0 Å². The molecule has 0 aliphatic carbocycles. The highest BCUT2D eigenvalue weighted by molar-refractivity contribution is 5.84. The summed E-state index contributed by atoms with van der Waals surface area (Å²) in [5.41, 5.74) is 0. The molecule has 1 atom stereocenters. The van der Waals surface area contributed by atoms with Crippen LogP contribution in [0.1, 0.15) is 32.6 Å². The second kappa shape index (κ2) is 8.34. The molecule has 2 aliphatic heterocycles. The Bertz CT molecular complexity index is 354. The molecule has 21 heavy (non-hydrogen) atoms. The number of likely N-dealkylation sites (N-methyl/N-ethyl adjacent to an activating group) is 1. The maximum atomic E-state index is 12.5. The van der Waals surface area contributed by atoms with Gasteiger partial charge in [0, 0.05) is 39.3 Å². The van der Waals surface area contributed by atoms with E-state index in [4.69, 9.17) is 0 Å². The van der Waals surface area contributed by atoms with Crippen LogP contribution in [0.15, 0.2) is 0 Å². The fourth-order valence-electron chi connectivity index (χ4n) is 3.08. The number of piperazine rings is 1. The normalized spacial score (nSPS) is 24.4. The molecule has 0 aromatic carbocycles. The molecule has 0 saturated carbocycles. The Morgan fingerprint density at radius 1 is 1.14 bits per heavy atom. The Labute approximate surface area is 127 Å². The Morgan fingerprint density at radius 2 is 1.86 bits per heavy atom. The molecule has 0 bridgehead atoms. The van der Waals surface area contributed by atoms with Crippen molar-refractivity contribution in [1.82, 2.24) is 20.4 Å². The van der Waals surface area contributed by atoms with Gasteiger partial charge in [-0.25, -0.2) is 0 Å². The van der Waals surface area contributed by atoms with Crippen molar-refractivity contribution in [2.45, 2.75) is 38.6 Å². The van der Waals surface area contributed by atoms with E-state index in [2.05, 4.69) is 10.6 Å². The third kappa shape index (κ3) is 4.68. The van der Waals surface area contributed by atoms with E-state index in [1.54, 1.807) is 0 Å². The van der Waals surface area contributed by atoms with Gasteiger partial charge in [-0.1, -0.05) is 12.8 Å². The first-order valence-corrected chi connectivity index (χ1v) is 8.22. The topological polar surface area (TPSA) is 64.7 Å². The number of nitrogens with zero attached hydrogens (tertiary/aromatic N) is 2. The average Bonchev–Trinajstić information content (AvgIpc) is 2.77. The first-order chi connectivity index (χ1) is 10.2. The molecule has 6 heteroatoms. The van der Waals surface area contributed by atoms with E-state index in [0.29, 0.717) is 19.6 Å². The lowest BCUT2D eigenvalue weighted by molar-refractivity contribution is -0.135. The molecule has 0 radical (unpaired) electrons. The van der Waals surface area contributed by atoms with Crippen molar-refractivity contribution in [1.29, 1.82) is 0 Å². The molecule has 0 aromatic heterocycles. The predicted molar refractivity (Wildman–Crippen MR) is 82.0 cm³/mol. The largest absolute Gasteiger partial charge is 0.355 e. The van der Waals surface area contributed by atoms with Crippen LogP contribution in [0.25, 0.3) is 0 Å². The van der Waals surface area contributed by atoms with Gasteiger partial charge in [0.05, 0.1) is 6.54 Å². The molecule has 0 aromatic rings. The summed E-state index contributed by atoms with van der Waals surface area (Å²) in [7, 11) is 0. The van der Waals surface area contributed by atoms with E-state index in [-0.39, 0.29) is 17.9 Å². The van der Waals surface area contributed by atoms with Gasteiger partial charge >= 0.3 is 0 Å².